The number of carbonyl (C=O) groups is 2. The second-order valence-corrected chi connectivity index (χ2v) is 10.6. The molecule has 0 saturated heterocycles. The number of hydrogen-bond donors (Lipinski definition) is 5. The number of nitrogens with two attached hydrogens (primary N) is 1. The fraction of sp³-hybridized carbons (Fsp3) is 0.320. The molecule has 11 nitrogen and oxygen atoms in total. The van der Waals surface area contributed by atoms with Gasteiger partial charge >= 0.3 is 14.0 Å². The molecule has 0 fully saturated rings. The van der Waals surface area contributed by atoms with Crippen LogP contribution in [0.2, 0.25) is 0 Å². The largest absolute Gasteiger partial charge is 0.466 e. The number of benzene rings is 2. The number of alkyl halides is 3. The van der Waals surface area contributed by atoms with Crippen LogP contribution < -0.4 is 11.1 Å². The minimum Gasteiger partial charge on any atom is -0.335 e. The molecule has 2 heterocycles. The summed E-state index contributed by atoms with van der Waals surface area (Å²) in [6, 6.07) is 3.35. The lowest BCUT2D eigenvalue weighted by molar-refractivity contribution is -0.148. The van der Waals surface area contributed by atoms with Gasteiger partial charge in [-0.25, -0.2) is 27.1 Å². The maximum absolute atomic E-state index is 14.8. The van der Waals surface area contributed by atoms with Crippen LogP contribution in [0.25, 0.3) is 11.3 Å². The molecule has 0 spiro atoms. The maximum atomic E-state index is 14.8. The van der Waals surface area contributed by atoms with E-state index in [0.717, 1.165) is 16.7 Å². The van der Waals surface area contributed by atoms with Gasteiger partial charge in [0.15, 0.2) is 11.6 Å². The van der Waals surface area contributed by atoms with Gasteiger partial charge in [-0.2, -0.15) is 13.2 Å². The topological polar surface area (TPSA) is 171 Å². The maximum Gasteiger partial charge on any atom is 0.466 e. The molecule has 2 amide bonds. The number of halogens is 7. The zero-order valence-corrected chi connectivity index (χ0v) is 23.5. The number of carbonyl (C=O) groups excluding carboxylic acids is 2. The van der Waals surface area contributed by atoms with Gasteiger partial charge in [0.25, 0.3) is 0 Å². The summed E-state index contributed by atoms with van der Waals surface area (Å²) in [5.74, 6) is -6.92. The summed E-state index contributed by atoms with van der Waals surface area (Å²) in [5, 5.41) is 2.43. The van der Waals surface area contributed by atoms with Crippen LogP contribution in [0.4, 0.5) is 36.4 Å². The first-order valence-electron chi connectivity index (χ1n) is 12.4. The minimum absolute atomic E-state index is 0.0824. The Balaban J connectivity index is 0.000000978. The van der Waals surface area contributed by atoms with Crippen molar-refractivity contribution in [2.24, 2.45) is 5.73 Å². The Labute approximate surface area is 244 Å². The molecule has 0 aliphatic carbocycles. The number of hydrogen-bond acceptors (Lipinski definition) is 5. The van der Waals surface area contributed by atoms with Crippen molar-refractivity contribution >= 4 is 25.3 Å². The molecule has 44 heavy (non-hydrogen) atoms. The molecule has 4 rings (SSSR count). The lowest BCUT2D eigenvalue weighted by Crippen LogP contribution is -2.42. The molecule has 0 radical (unpaired) electrons. The van der Waals surface area contributed by atoms with E-state index in [1.807, 2.05) is 0 Å². The summed E-state index contributed by atoms with van der Waals surface area (Å²) in [6.45, 7) is 0.389. The van der Waals surface area contributed by atoms with Crippen molar-refractivity contribution in [3.63, 3.8) is 0 Å². The molecule has 1 aliphatic rings. The summed E-state index contributed by atoms with van der Waals surface area (Å²) >= 11 is 0. The second kappa shape index (κ2) is 13.4. The van der Waals surface area contributed by atoms with Crippen LogP contribution in [0.15, 0.2) is 30.3 Å². The van der Waals surface area contributed by atoms with Gasteiger partial charge in [-0.05, 0) is 36.2 Å². The first-order valence-corrected chi connectivity index (χ1v) is 14.0. The average Bonchev–Trinajstić information content (AvgIpc) is 3.26. The van der Waals surface area contributed by atoms with E-state index in [9.17, 15) is 40.3 Å². The van der Waals surface area contributed by atoms with Crippen LogP contribution in [-0.4, -0.2) is 53.5 Å². The highest BCUT2D eigenvalue weighted by atomic mass is 31.2. The van der Waals surface area contributed by atoms with Gasteiger partial charge in [0, 0.05) is 49.8 Å². The van der Waals surface area contributed by atoms with Gasteiger partial charge in [0.1, 0.15) is 11.6 Å². The summed E-state index contributed by atoms with van der Waals surface area (Å²) in [6.07, 6.45) is -5.55. The fourth-order valence-corrected chi connectivity index (χ4v) is 4.43. The van der Waals surface area contributed by atoms with Gasteiger partial charge in [-0.1, -0.05) is 0 Å². The van der Waals surface area contributed by atoms with Crippen LogP contribution in [0.1, 0.15) is 30.4 Å². The Bertz CT molecular complexity index is 1600. The van der Waals surface area contributed by atoms with Gasteiger partial charge < -0.3 is 35.2 Å². The quantitative estimate of drug-likeness (QED) is 0.153. The average molecular weight is 655 g/mol. The van der Waals surface area contributed by atoms with E-state index in [1.54, 1.807) is 0 Å². The number of anilines is 1. The summed E-state index contributed by atoms with van der Waals surface area (Å²) < 4.78 is 106. The first-order chi connectivity index (χ1) is 20.2. The number of nitrogens with zero attached hydrogens (tertiary/aromatic N) is 3. The number of phosphoric acid groups is 1. The van der Waals surface area contributed by atoms with Crippen molar-refractivity contribution in [1.82, 2.24) is 14.5 Å². The van der Waals surface area contributed by atoms with Crippen LogP contribution in [0.5, 0.6) is 0 Å². The highest BCUT2D eigenvalue weighted by Crippen LogP contribution is 2.37. The molecule has 2 aromatic carbocycles. The third-order valence-corrected chi connectivity index (χ3v) is 6.16. The number of nitrogens with one attached hydrogen (secondary N) is 1. The molecule has 3 aromatic rings. The Kier molecular flexibility index (Phi) is 10.6. The molecule has 240 valence electrons. The molecule has 1 aliphatic heterocycles. The van der Waals surface area contributed by atoms with E-state index in [4.69, 9.17) is 25.0 Å². The third kappa shape index (κ3) is 9.09. The number of aromatic nitrogens is 2. The Morgan fingerprint density at radius 1 is 1.02 bits per heavy atom. The van der Waals surface area contributed by atoms with Gasteiger partial charge in [0.05, 0.1) is 17.9 Å². The third-order valence-electron chi connectivity index (χ3n) is 6.16. The molecular formula is C25H25F7N5O6P. The normalized spacial score (nSPS) is 14.0. The van der Waals surface area contributed by atoms with E-state index >= 15 is 0 Å². The Morgan fingerprint density at radius 3 is 2.23 bits per heavy atom. The van der Waals surface area contributed by atoms with E-state index in [-0.39, 0.29) is 60.7 Å². The second-order valence-electron chi connectivity index (χ2n) is 9.61. The van der Waals surface area contributed by atoms with Crippen molar-refractivity contribution in [2.45, 2.75) is 45.1 Å². The van der Waals surface area contributed by atoms with E-state index in [2.05, 4.69) is 10.3 Å². The van der Waals surface area contributed by atoms with E-state index < -0.39 is 60.9 Å². The zero-order valence-electron chi connectivity index (χ0n) is 22.6. The SMILES string of the molecule is CC(=O)Nc1ccc(F)c(-c2nc(C(F)(F)F)n3c2CN(C(=O)C[C@H](N)Cc2cc(F)c(F)cc2F)CC3)c1.O=P(O)(O)O. The molecule has 6 N–H and O–H groups in total. The number of amides is 2. The molecule has 0 saturated carbocycles. The molecule has 19 heteroatoms. The van der Waals surface area contributed by atoms with E-state index in [0.29, 0.717) is 12.1 Å². The molecule has 0 bridgehead atoms. The summed E-state index contributed by atoms with van der Waals surface area (Å²) in [4.78, 5) is 50.8. The first kappa shape index (κ1) is 34.7. The molecule has 1 atom stereocenters. The van der Waals surface area contributed by atoms with E-state index in [1.165, 1.54) is 17.9 Å². The molecule has 1 aromatic heterocycles. The monoisotopic (exact) mass is 655 g/mol. The zero-order chi connectivity index (χ0) is 33.1. The van der Waals surface area contributed by atoms with Gasteiger partial charge in [0.2, 0.25) is 17.6 Å². The number of fused-ring (bicyclic) bond motifs is 1. The number of rotatable bonds is 6. The predicted molar refractivity (Wildman–Crippen MR) is 139 cm³/mol. The van der Waals surface area contributed by atoms with Crippen molar-refractivity contribution in [2.75, 3.05) is 11.9 Å². The molecular weight excluding hydrogens is 630 g/mol. The summed E-state index contributed by atoms with van der Waals surface area (Å²) in [5.41, 5.74) is 5.10. The van der Waals surface area contributed by atoms with Gasteiger partial charge in [-0.15, -0.1) is 0 Å². The highest BCUT2D eigenvalue weighted by Gasteiger charge is 2.41. The smallest absolute Gasteiger partial charge is 0.335 e. The Hall–Kier alpha value is -3.83. The van der Waals surface area contributed by atoms with Crippen LogP contribution in [-0.2, 0) is 39.8 Å². The van der Waals surface area contributed by atoms with Crippen molar-refractivity contribution in [1.29, 1.82) is 0 Å². The standard InChI is InChI=1S/C25H22F7N5O2.H3O4P/c1-12(38)34-15-2-3-17(26)16(9-15)23-21-11-36(4-5-37(21)24(35-23)25(30,31)32)22(39)8-14(33)6-13-7-19(28)20(29)10-18(13)27;1-5(2,3)4/h2-3,7,9-10,14H,4-6,8,11,33H2,1H3,(H,34,38);(H3,1,2,3,4)/t14-;/m1./s1. The molecule has 0 unspecified atom stereocenters. The highest BCUT2D eigenvalue weighted by molar-refractivity contribution is 7.45. The van der Waals surface area contributed by atoms with Crippen molar-refractivity contribution < 1.29 is 59.6 Å². The number of imidazole rings is 1. The van der Waals surface area contributed by atoms with Crippen LogP contribution in [0.3, 0.4) is 0 Å². The van der Waals surface area contributed by atoms with Crippen LogP contribution >= 0.6 is 7.82 Å². The summed E-state index contributed by atoms with van der Waals surface area (Å²) in [7, 11) is -4.64. The predicted octanol–water partition coefficient (Wildman–Crippen LogP) is 3.46. The Morgan fingerprint density at radius 2 is 1.64 bits per heavy atom. The van der Waals surface area contributed by atoms with Crippen molar-refractivity contribution in [3.8, 4) is 11.3 Å². The van der Waals surface area contributed by atoms with Gasteiger partial charge in [-0.3, -0.25) is 9.59 Å². The lowest BCUT2D eigenvalue weighted by atomic mass is 10.0. The minimum atomic E-state index is -4.87. The van der Waals surface area contributed by atoms with Crippen LogP contribution in [0, 0.1) is 23.3 Å². The lowest BCUT2D eigenvalue weighted by Gasteiger charge is -2.30. The van der Waals surface area contributed by atoms with Crippen molar-refractivity contribution in [3.05, 3.63) is 70.7 Å². The fourth-order valence-electron chi connectivity index (χ4n) is 4.43.